The first-order valence-corrected chi connectivity index (χ1v) is 10.5. The van der Waals surface area contributed by atoms with Crippen molar-refractivity contribution in [2.24, 2.45) is 0 Å². The fourth-order valence-electron chi connectivity index (χ4n) is 3.26. The fourth-order valence-corrected chi connectivity index (χ4v) is 3.26. The van der Waals surface area contributed by atoms with Gasteiger partial charge in [0.15, 0.2) is 0 Å². The molecule has 1 N–H and O–H groups in total. The van der Waals surface area contributed by atoms with E-state index in [1.165, 1.54) is 37.4 Å². The number of esters is 2. The number of carbonyl (C=O) groups excluding carboxylic acids is 3. The molecule has 35 heavy (non-hydrogen) atoms. The van der Waals surface area contributed by atoms with E-state index >= 15 is 0 Å². The Labute approximate surface area is 199 Å². The summed E-state index contributed by atoms with van der Waals surface area (Å²) in [6, 6.07) is 15.8. The molecule has 0 heterocycles. The van der Waals surface area contributed by atoms with Crippen molar-refractivity contribution < 1.29 is 37.0 Å². The summed E-state index contributed by atoms with van der Waals surface area (Å²) in [6.45, 7) is 0.154. The third-order valence-corrected chi connectivity index (χ3v) is 5.18. The summed E-state index contributed by atoms with van der Waals surface area (Å²) in [5.74, 6) is -1.11. The summed E-state index contributed by atoms with van der Waals surface area (Å²) in [6.07, 6.45) is -3.83. The van der Waals surface area contributed by atoms with Crippen LogP contribution in [0.25, 0.3) is 0 Å². The van der Waals surface area contributed by atoms with E-state index < -0.39 is 23.7 Å². The van der Waals surface area contributed by atoms with E-state index in [1.807, 2.05) is 0 Å². The van der Waals surface area contributed by atoms with E-state index in [2.05, 4.69) is 10.1 Å². The van der Waals surface area contributed by atoms with Crippen molar-refractivity contribution in [1.29, 1.82) is 0 Å². The van der Waals surface area contributed by atoms with Gasteiger partial charge in [-0.05, 0) is 53.6 Å². The molecule has 0 aromatic heterocycles. The van der Waals surface area contributed by atoms with Crippen LogP contribution >= 0.6 is 0 Å². The Morgan fingerprint density at radius 1 is 0.914 bits per heavy atom. The highest BCUT2D eigenvalue weighted by molar-refractivity contribution is 5.90. The summed E-state index contributed by atoms with van der Waals surface area (Å²) < 4.78 is 49.6. The van der Waals surface area contributed by atoms with Crippen LogP contribution in [0.2, 0.25) is 0 Å². The first kappa shape index (κ1) is 25.5. The van der Waals surface area contributed by atoms with Crippen molar-refractivity contribution in [3.05, 3.63) is 100 Å². The van der Waals surface area contributed by atoms with Gasteiger partial charge in [-0.1, -0.05) is 24.3 Å². The zero-order valence-corrected chi connectivity index (χ0v) is 18.7. The van der Waals surface area contributed by atoms with Crippen LogP contribution in [0.1, 0.15) is 47.8 Å². The minimum atomic E-state index is -4.52. The second-order valence-electron chi connectivity index (χ2n) is 7.54. The van der Waals surface area contributed by atoms with Gasteiger partial charge in [-0.25, -0.2) is 9.59 Å². The number of rotatable bonds is 9. The molecule has 0 atom stereocenters. The molecule has 0 radical (unpaired) electrons. The maximum Gasteiger partial charge on any atom is 0.416 e. The summed E-state index contributed by atoms with van der Waals surface area (Å²) >= 11 is 0. The number of nitrogens with one attached hydrogen (secondary N) is 1. The number of methoxy groups -OCH3 is 1. The summed E-state index contributed by atoms with van der Waals surface area (Å²) in [5.41, 5.74) is 1.80. The van der Waals surface area contributed by atoms with Gasteiger partial charge in [0.25, 0.3) is 0 Å². The first-order valence-electron chi connectivity index (χ1n) is 10.5. The Bertz CT molecular complexity index is 1190. The number of alkyl halides is 3. The molecule has 3 rings (SSSR count). The molecule has 6 nitrogen and oxygen atoms in total. The lowest BCUT2D eigenvalue weighted by molar-refractivity contribution is -0.137. The molecule has 0 aliphatic rings. The van der Waals surface area contributed by atoms with Crippen LogP contribution in [-0.4, -0.2) is 31.9 Å². The van der Waals surface area contributed by atoms with Crippen molar-refractivity contribution in [1.82, 2.24) is 0 Å². The Kier molecular flexibility index (Phi) is 8.25. The predicted molar refractivity (Wildman–Crippen MR) is 122 cm³/mol. The molecule has 9 heteroatoms. The molecular weight excluding hydrogens is 463 g/mol. The monoisotopic (exact) mass is 485 g/mol. The number of anilines is 1. The Hall–Kier alpha value is -4.14. The third-order valence-electron chi connectivity index (χ3n) is 5.18. The average Bonchev–Trinajstić information content (AvgIpc) is 2.87. The number of halogens is 3. The zero-order valence-electron chi connectivity index (χ0n) is 18.7. The molecule has 0 amide bonds. The normalized spacial score (nSPS) is 11.0. The van der Waals surface area contributed by atoms with E-state index in [1.54, 1.807) is 24.3 Å². The van der Waals surface area contributed by atoms with Crippen LogP contribution in [0.3, 0.4) is 0 Å². The highest BCUT2D eigenvalue weighted by Gasteiger charge is 2.31. The third kappa shape index (κ3) is 6.92. The van der Waals surface area contributed by atoms with Gasteiger partial charge in [-0.3, -0.25) is 4.79 Å². The van der Waals surface area contributed by atoms with Crippen molar-refractivity contribution in [2.45, 2.75) is 19.1 Å². The number of aldehydes is 1. The van der Waals surface area contributed by atoms with Gasteiger partial charge >= 0.3 is 18.1 Å². The second-order valence-corrected chi connectivity index (χ2v) is 7.54. The van der Waals surface area contributed by atoms with E-state index in [0.29, 0.717) is 35.2 Å². The van der Waals surface area contributed by atoms with Crippen molar-refractivity contribution in [3.8, 4) is 0 Å². The number of hydrogen-bond donors (Lipinski definition) is 1. The number of ether oxygens (including phenoxy) is 2. The van der Waals surface area contributed by atoms with Gasteiger partial charge in [0.05, 0.1) is 30.4 Å². The van der Waals surface area contributed by atoms with Gasteiger partial charge < -0.3 is 14.8 Å². The lowest BCUT2D eigenvalue weighted by Crippen LogP contribution is -2.12. The van der Waals surface area contributed by atoms with Gasteiger partial charge in [-0.15, -0.1) is 0 Å². The SMILES string of the molecule is COC(=O)c1ccc(CNc2ccc(C(F)(F)F)cc2CCOC(=O)c2ccc(C=O)cc2)cc1. The minimum absolute atomic E-state index is 0.0473. The van der Waals surface area contributed by atoms with Crippen molar-refractivity contribution >= 4 is 23.9 Å². The topological polar surface area (TPSA) is 81.7 Å². The lowest BCUT2D eigenvalue weighted by Gasteiger charge is -2.16. The fraction of sp³-hybridized carbons (Fsp3) is 0.192. The maximum atomic E-state index is 13.2. The second kappa shape index (κ2) is 11.3. The van der Waals surface area contributed by atoms with Crippen LogP contribution in [0, 0.1) is 0 Å². The van der Waals surface area contributed by atoms with E-state index in [4.69, 9.17) is 4.74 Å². The predicted octanol–water partition coefficient (Wildman–Crippen LogP) is 5.32. The van der Waals surface area contributed by atoms with E-state index in [9.17, 15) is 27.6 Å². The molecule has 3 aromatic carbocycles. The van der Waals surface area contributed by atoms with Crippen LogP contribution in [0.15, 0.2) is 66.7 Å². The molecular formula is C26H22F3NO5. The van der Waals surface area contributed by atoms with Gasteiger partial charge in [0.1, 0.15) is 6.29 Å². The Morgan fingerprint density at radius 2 is 1.54 bits per heavy atom. The smallest absolute Gasteiger partial charge is 0.416 e. The quantitative estimate of drug-likeness (QED) is 0.327. The molecule has 3 aromatic rings. The molecule has 0 saturated carbocycles. The molecule has 0 unspecified atom stereocenters. The maximum absolute atomic E-state index is 13.2. The van der Waals surface area contributed by atoms with Gasteiger partial charge in [0, 0.05) is 24.2 Å². The standard InChI is InChI=1S/C26H22F3NO5/c1-34-24(32)19-6-2-17(3-7-19)15-30-23-11-10-22(26(27,28)29)14-21(23)12-13-35-25(33)20-8-4-18(16-31)5-9-20/h2-11,14,16,30H,12-13,15H2,1H3. The molecule has 0 bridgehead atoms. The Morgan fingerprint density at radius 3 is 2.14 bits per heavy atom. The minimum Gasteiger partial charge on any atom is -0.465 e. The van der Waals surface area contributed by atoms with Crippen LogP contribution in [-0.2, 0) is 28.6 Å². The first-order chi connectivity index (χ1) is 16.7. The van der Waals surface area contributed by atoms with Crippen molar-refractivity contribution in [3.63, 3.8) is 0 Å². The number of hydrogen-bond acceptors (Lipinski definition) is 6. The zero-order chi connectivity index (χ0) is 25.4. The van der Waals surface area contributed by atoms with E-state index in [-0.39, 0.29) is 18.6 Å². The largest absolute Gasteiger partial charge is 0.465 e. The highest BCUT2D eigenvalue weighted by Crippen LogP contribution is 2.32. The molecule has 0 spiro atoms. The molecule has 182 valence electrons. The van der Waals surface area contributed by atoms with Crippen LogP contribution in [0.5, 0.6) is 0 Å². The Balaban J connectivity index is 1.69. The summed E-state index contributed by atoms with van der Waals surface area (Å²) in [4.78, 5) is 34.5. The highest BCUT2D eigenvalue weighted by atomic mass is 19.4. The van der Waals surface area contributed by atoms with Gasteiger partial charge in [-0.2, -0.15) is 13.2 Å². The summed E-state index contributed by atoms with van der Waals surface area (Å²) in [5, 5.41) is 3.10. The molecule has 0 fully saturated rings. The number of benzene rings is 3. The van der Waals surface area contributed by atoms with Crippen molar-refractivity contribution in [2.75, 3.05) is 19.0 Å². The number of carbonyl (C=O) groups is 3. The lowest BCUT2D eigenvalue weighted by atomic mass is 10.0. The molecule has 0 saturated heterocycles. The molecule has 0 aliphatic carbocycles. The van der Waals surface area contributed by atoms with Gasteiger partial charge in [0.2, 0.25) is 0 Å². The van der Waals surface area contributed by atoms with Crippen LogP contribution < -0.4 is 5.32 Å². The average molecular weight is 485 g/mol. The van der Waals surface area contributed by atoms with E-state index in [0.717, 1.165) is 17.7 Å². The van der Waals surface area contributed by atoms with Crippen LogP contribution in [0.4, 0.5) is 18.9 Å². The summed E-state index contributed by atoms with van der Waals surface area (Å²) in [7, 11) is 1.28. The molecule has 0 aliphatic heterocycles.